The SMILES string of the molecule is O=C(NC1CCCCNC1=O)c1cncc(Cl)n1. The van der Waals surface area contributed by atoms with Crippen molar-refractivity contribution < 1.29 is 9.59 Å². The molecule has 0 aliphatic carbocycles. The summed E-state index contributed by atoms with van der Waals surface area (Å²) < 4.78 is 0. The van der Waals surface area contributed by atoms with Crippen molar-refractivity contribution in [3.63, 3.8) is 0 Å². The van der Waals surface area contributed by atoms with Gasteiger partial charge in [-0.1, -0.05) is 11.6 Å². The Hall–Kier alpha value is -1.69. The van der Waals surface area contributed by atoms with Gasteiger partial charge in [-0.15, -0.1) is 0 Å². The number of hydrogen-bond donors (Lipinski definition) is 2. The third-order valence-corrected chi connectivity index (χ3v) is 2.86. The fourth-order valence-corrected chi connectivity index (χ4v) is 1.91. The third kappa shape index (κ3) is 3.16. The molecular formula is C11H13ClN4O2. The molecular weight excluding hydrogens is 256 g/mol. The molecule has 1 saturated heterocycles. The van der Waals surface area contributed by atoms with Gasteiger partial charge >= 0.3 is 0 Å². The summed E-state index contributed by atoms with van der Waals surface area (Å²) in [6.07, 6.45) is 5.11. The third-order valence-electron chi connectivity index (χ3n) is 2.68. The molecule has 1 aromatic rings. The molecule has 1 atom stereocenters. The Labute approximate surface area is 109 Å². The van der Waals surface area contributed by atoms with E-state index in [9.17, 15) is 9.59 Å². The molecule has 18 heavy (non-hydrogen) atoms. The molecule has 2 rings (SSSR count). The maximum atomic E-state index is 11.9. The highest BCUT2D eigenvalue weighted by molar-refractivity contribution is 6.29. The molecule has 7 heteroatoms. The zero-order valence-corrected chi connectivity index (χ0v) is 10.4. The highest BCUT2D eigenvalue weighted by Gasteiger charge is 2.23. The van der Waals surface area contributed by atoms with Gasteiger partial charge in [0.15, 0.2) is 0 Å². The fraction of sp³-hybridized carbons (Fsp3) is 0.455. The van der Waals surface area contributed by atoms with E-state index in [1.807, 2.05) is 0 Å². The first kappa shape index (κ1) is 12.8. The quantitative estimate of drug-likeness (QED) is 0.819. The second-order valence-corrected chi connectivity index (χ2v) is 4.43. The van der Waals surface area contributed by atoms with Gasteiger partial charge < -0.3 is 10.6 Å². The summed E-state index contributed by atoms with van der Waals surface area (Å²) in [4.78, 5) is 31.2. The first-order valence-electron chi connectivity index (χ1n) is 5.73. The summed E-state index contributed by atoms with van der Waals surface area (Å²) in [7, 11) is 0. The standard InChI is InChI=1S/C11H13ClN4O2/c12-9-6-13-5-8(15-9)11(18)16-7-3-1-2-4-14-10(7)17/h5-7H,1-4H2,(H,14,17)(H,16,18). The minimum absolute atomic E-state index is 0.111. The van der Waals surface area contributed by atoms with E-state index in [0.717, 1.165) is 12.8 Å². The molecule has 96 valence electrons. The molecule has 1 aliphatic heterocycles. The summed E-state index contributed by atoms with van der Waals surface area (Å²) in [6, 6.07) is -0.513. The topological polar surface area (TPSA) is 84.0 Å². The number of aromatic nitrogens is 2. The summed E-state index contributed by atoms with van der Waals surface area (Å²) >= 11 is 5.65. The Morgan fingerprint density at radius 2 is 2.28 bits per heavy atom. The first-order valence-corrected chi connectivity index (χ1v) is 6.11. The predicted octanol–water partition coefficient (Wildman–Crippen LogP) is 0.528. The highest BCUT2D eigenvalue weighted by atomic mass is 35.5. The molecule has 0 aromatic carbocycles. The van der Waals surface area contributed by atoms with E-state index in [0.29, 0.717) is 13.0 Å². The number of rotatable bonds is 2. The summed E-state index contributed by atoms with van der Waals surface area (Å²) in [6.45, 7) is 0.655. The van der Waals surface area contributed by atoms with Crippen LogP contribution in [0, 0.1) is 0 Å². The van der Waals surface area contributed by atoms with Crippen LogP contribution in [0.5, 0.6) is 0 Å². The van der Waals surface area contributed by atoms with Crippen molar-refractivity contribution in [3.05, 3.63) is 23.2 Å². The van der Waals surface area contributed by atoms with Gasteiger partial charge in [0.05, 0.1) is 12.4 Å². The molecule has 1 aliphatic rings. The van der Waals surface area contributed by atoms with Crippen LogP contribution < -0.4 is 10.6 Å². The molecule has 0 bridgehead atoms. The number of carbonyl (C=O) groups excluding carboxylic acids is 2. The van der Waals surface area contributed by atoms with Gasteiger partial charge in [0.25, 0.3) is 5.91 Å². The Bertz CT molecular complexity index is 466. The Kier molecular flexibility index (Phi) is 4.09. The second kappa shape index (κ2) is 5.77. The monoisotopic (exact) mass is 268 g/mol. The number of hydrogen-bond acceptors (Lipinski definition) is 4. The molecule has 1 unspecified atom stereocenters. The van der Waals surface area contributed by atoms with Gasteiger partial charge in [0.1, 0.15) is 16.9 Å². The average Bonchev–Trinajstić information content (AvgIpc) is 2.55. The van der Waals surface area contributed by atoms with Crippen LogP contribution in [0.1, 0.15) is 29.8 Å². The zero-order valence-electron chi connectivity index (χ0n) is 9.65. The van der Waals surface area contributed by atoms with Gasteiger partial charge in [0, 0.05) is 6.54 Å². The van der Waals surface area contributed by atoms with Crippen LogP contribution in [0.3, 0.4) is 0 Å². The van der Waals surface area contributed by atoms with E-state index >= 15 is 0 Å². The van der Waals surface area contributed by atoms with Gasteiger partial charge in [-0.3, -0.25) is 14.6 Å². The van der Waals surface area contributed by atoms with E-state index in [4.69, 9.17) is 11.6 Å². The summed E-state index contributed by atoms with van der Waals surface area (Å²) in [5.41, 5.74) is 0.111. The average molecular weight is 269 g/mol. The zero-order chi connectivity index (χ0) is 13.0. The minimum atomic E-state index is -0.513. The highest BCUT2D eigenvalue weighted by Crippen LogP contribution is 2.07. The lowest BCUT2D eigenvalue weighted by atomic mass is 10.1. The van der Waals surface area contributed by atoms with Crippen LogP contribution in [0.25, 0.3) is 0 Å². The number of nitrogens with zero attached hydrogens (tertiary/aromatic N) is 2. The minimum Gasteiger partial charge on any atom is -0.354 e. The number of amides is 2. The van der Waals surface area contributed by atoms with Gasteiger partial charge in [-0.05, 0) is 19.3 Å². The van der Waals surface area contributed by atoms with Crippen LogP contribution in [-0.2, 0) is 4.79 Å². The predicted molar refractivity (Wildman–Crippen MR) is 65.2 cm³/mol. The maximum absolute atomic E-state index is 11.9. The first-order chi connectivity index (χ1) is 8.66. The van der Waals surface area contributed by atoms with Crippen molar-refractivity contribution in [1.29, 1.82) is 0 Å². The molecule has 0 radical (unpaired) electrons. The van der Waals surface area contributed by atoms with E-state index in [-0.39, 0.29) is 16.8 Å². The van der Waals surface area contributed by atoms with Crippen LogP contribution in [0.2, 0.25) is 5.15 Å². The molecule has 0 saturated carbocycles. The molecule has 2 amide bonds. The van der Waals surface area contributed by atoms with Crippen LogP contribution in [0.15, 0.2) is 12.4 Å². The normalized spacial score (nSPS) is 19.8. The van der Waals surface area contributed by atoms with Crippen LogP contribution >= 0.6 is 11.6 Å². The number of carbonyl (C=O) groups is 2. The lowest BCUT2D eigenvalue weighted by molar-refractivity contribution is -0.122. The van der Waals surface area contributed by atoms with Crippen molar-refractivity contribution in [3.8, 4) is 0 Å². The summed E-state index contributed by atoms with van der Waals surface area (Å²) in [5.74, 6) is -0.595. The Balaban J connectivity index is 2.04. The number of nitrogens with one attached hydrogen (secondary N) is 2. The van der Waals surface area contributed by atoms with Crippen molar-refractivity contribution >= 4 is 23.4 Å². The van der Waals surface area contributed by atoms with Crippen LogP contribution in [0.4, 0.5) is 0 Å². The smallest absolute Gasteiger partial charge is 0.272 e. The Morgan fingerprint density at radius 3 is 3.06 bits per heavy atom. The van der Waals surface area contributed by atoms with E-state index in [2.05, 4.69) is 20.6 Å². The molecule has 2 heterocycles. The van der Waals surface area contributed by atoms with Crippen molar-refractivity contribution in [1.82, 2.24) is 20.6 Å². The van der Waals surface area contributed by atoms with Crippen molar-refractivity contribution in [2.75, 3.05) is 6.54 Å². The van der Waals surface area contributed by atoms with E-state index < -0.39 is 11.9 Å². The lowest BCUT2D eigenvalue weighted by Gasteiger charge is -2.14. The second-order valence-electron chi connectivity index (χ2n) is 4.04. The largest absolute Gasteiger partial charge is 0.354 e. The number of halogens is 1. The van der Waals surface area contributed by atoms with Crippen molar-refractivity contribution in [2.45, 2.75) is 25.3 Å². The van der Waals surface area contributed by atoms with Crippen molar-refractivity contribution in [2.24, 2.45) is 0 Å². The van der Waals surface area contributed by atoms with Gasteiger partial charge in [0.2, 0.25) is 5.91 Å². The Morgan fingerprint density at radius 1 is 1.44 bits per heavy atom. The lowest BCUT2D eigenvalue weighted by Crippen LogP contribution is -2.45. The maximum Gasteiger partial charge on any atom is 0.272 e. The fourth-order valence-electron chi connectivity index (χ4n) is 1.76. The van der Waals surface area contributed by atoms with E-state index in [1.54, 1.807) is 0 Å². The molecule has 1 fully saturated rings. The van der Waals surface area contributed by atoms with Crippen LogP contribution in [-0.4, -0.2) is 34.4 Å². The molecule has 2 N–H and O–H groups in total. The van der Waals surface area contributed by atoms with Gasteiger partial charge in [-0.2, -0.15) is 0 Å². The molecule has 0 spiro atoms. The molecule has 1 aromatic heterocycles. The van der Waals surface area contributed by atoms with E-state index in [1.165, 1.54) is 12.4 Å². The molecule has 6 nitrogen and oxygen atoms in total. The van der Waals surface area contributed by atoms with Gasteiger partial charge in [-0.25, -0.2) is 4.98 Å². The summed E-state index contributed by atoms with van der Waals surface area (Å²) in [5, 5.41) is 5.53.